The van der Waals surface area contributed by atoms with Crippen LogP contribution in [0, 0.1) is 0 Å². The van der Waals surface area contributed by atoms with Gasteiger partial charge in [-0.2, -0.15) is 0 Å². The van der Waals surface area contributed by atoms with Gasteiger partial charge in [-0.1, -0.05) is 29.8 Å². The molecule has 0 atom stereocenters. The van der Waals surface area contributed by atoms with Crippen LogP contribution in [0.15, 0.2) is 42.0 Å². The van der Waals surface area contributed by atoms with Gasteiger partial charge in [0.1, 0.15) is 5.69 Å². The van der Waals surface area contributed by atoms with Gasteiger partial charge < -0.3 is 11.1 Å². The molecule has 0 unspecified atom stereocenters. The fourth-order valence-electron chi connectivity index (χ4n) is 2.71. The first-order chi connectivity index (χ1) is 10.2. The van der Waals surface area contributed by atoms with Crippen LogP contribution in [0.4, 0.5) is 5.69 Å². The summed E-state index contributed by atoms with van der Waals surface area (Å²) in [5, 5.41) is 3.80. The Labute approximate surface area is 124 Å². The van der Waals surface area contributed by atoms with Gasteiger partial charge in [0.15, 0.2) is 0 Å². The van der Waals surface area contributed by atoms with E-state index in [1.54, 1.807) is 6.07 Å². The lowest BCUT2D eigenvalue weighted by Gasteiger charge is -2.08. The summed E-state index contributed by atoms with van der Waals surface area (Å²) in [6.07, 6.45) is 6.78. The summed E-state index contributed by atoms with van der Waals surface area (Å²) in [4.78, 5) is 16.5. The molecule has 21 heavy (non-hydrogen) atoms. The minimum absolute atomic E-state index is 0.161. The number of hydrogen-bond acceptors (Lipinski definition) is 3. The minimum Gasteiger partial charge on any atom is -0.398 e. The molecule has 1 aromatic heterocycles. The number of fused-ring (bicyclic) bond motifs is 1. The van der Waals surface area contributed by atoms with Crippen LogP contribution in [-0.4, -0.2) is 17.4 Å². The molecular weight excluding hydrogens is 262 g/mol. The Hall–Kier alpha value is -2.36. The number of nitrogens with zero attached hydrogens (tertiary/aromatic N) is 1. The zero-order valence-corrected chi connectivity index (χ0v) is 11.9. The number of para-hydroxylation sites is 1. The van der Waals surface area contributed by atoms with Crippen molar-refractivity contribution in [1.29, 1.82) is 0 Å². The van der Waals surface area contributed by atoms with Gasteiger partial charge in [0.2, 0.25) is 0 Å². The zero-order valence-electron chi connectivity index (χ0n) is 11.9. The largest absolute Gasteiger partial charge is 0.398 e. The molecule has 1 aliphatic rings. The van der Waals surface area contributed by atoms with E-state index in [0.29, 0.717) is 17.9 Å². The molecule has 0 aliphatic heterocycles. The standard InChI is InChI=1S/C17H19N3O/c18-14-11-16(20-15-8-4-3-7-13(14)15)17(21)19-10-9-12-5-1-2-6-12/h3-5,7-8,11H,1-2,6,9-10H2,(H2,18,20)(H,19,21). The maximum absolute atomic E-state index is 12.2. The zero-order chi connectivity index (χ0) is 14.7. The molecule has 108 valence electrons. The highest BCUT2D eigenvalue weighted by Crippen LogP contribution is 2.21. The molecule has 0 saturated heterocycles. The lowest BCUT2D eigenvalue weighted by Crippen LogP contribution is -2.25. The van der Waals surface area contributed by atoms with Gasteiger partial charge in [-0.05, 0) is 37.8 Å². The van der Waals surface area contributed by atoms with Gasteiger partial charge >= 0.3 is 0 Å². The third-order valence-electron chi connectivity index (χ3n) is 3.85. The SMILES string of the molecule is Nc1cc(C(=O)NCCC2=CCCC2)nc2ccccc12. The summed E-state index contributed by atoms with van der Waals surface area (Å²) in [6, 6.07) is 9.22. The van der Waals surface area contributed by atoms with E-state index in [9.17, 15) is 4.79 Å². The van der Waals surface area contributed by atoms with Crippen LogP contribution in [0.25, 0.3) is 10.9 Å². The van der Waals surface area contributed by atoms with Crippen LogP contribution in [0.1, 0.15) is 36.2 Å². The van der Waals surface area contributed by atoms with Crippen LogP contribution in [0.5, 0.6) is 0 Å². The topological polar surface area (TPSA) is 68.0 Å². The van der Waals surface area contributed by atoms with E-state index in [1.807, 2.05) is 24.3 Å². The van der Waals surface area contributed by atoms with Crippen LogP contribution >= 0.6 is 0 Å². The first-order valence-corrected chi connectivity index (χ1v) is 7.35. The maximum Gasteiger partial charge on any atom is 0.269 e. The summed E-state index contributed by atoms with van der Waals surface area (Å²) in [6.45, 7) is 0.652. The van der Waals surface area contributed by atoms with E-state index in [4.69, 9.17) is 5.73 Å². The lowest BCUT2D eigenvalue weighted by atomic mass is 10.1. The summed E-state index contributed by atoms with van der Waals surface area (Å²) < 4.78 is 0. The van der Waals surface area contributed by atoms with E-state index < -0.39 is 0 Å². The average molecular weight is 281 g/mol. The molecule has 2 aromatic rings. The Morgan fingerprint density at radius 2 is 2.19 bits per heavy atom. The molecule has 1 heterocycles. The Bertz CT molecular complexity index is 706. The fraction of sp³-hybridized carbons (Fsp3) is 0.294. The minimum atomic E-state index is -0.161. The molecule has 0 saturated carbocycles. The molecule has 4 heteroatoms. The number of benzene rings is 1. The molecule has 3 rings (SSSR count). The Kier molecular flexibility index (Phi) is 3.86. The Balaban J connectivity index is 1.69. The highest BCUT2D eigenvalue weighted by molar-refractivity contribution is 5.99. The van der Waals surface area contributed by atoms with Crippen LogP contribution in [0.3, 0.4) is 0 Å². The Morgan fingerprint density at radius 3 is 3.00 bits per heavy atom. The first-order valence-electron chi connectivity index (χ1n) is 7.35. The quantitative estimate of drug-likeness (QED) is 0.846. The Morgan fingerprint density at radius 1 is 1.33 bits per heavy atom. The number of rotatable bonds is 4. The summed E-state index contributed by atoms with van der Waals surface area (Å²) >= 11 is 0. The monoisotopic (exact) mass is 281 g/mol. The maximum atomic E-state index is 12.2. The third-order valence-corrected chi connectivity index (χ3v) is 3.85. The molecule has 4 nitrogen and oxygen atoms in total. The number of allylic oxidation sites excluding steroid dienone is 1. The molecule has 0 bridgehead atoms. The number of pyridine rings is 1. The number of carbonyl (C=O) groups is 1. The highest BCUT2D eigenvalue weighted by Gasteiger charge is 2.11. The van der Waals surface area contributed by atoms with Crippen LogP contribution in [0.2, 0.25) is 0 Å². The number of amides is 1. The van der Waals surface area contributed by atoms with Gasteiger partial charge in [0.25, 0.3) is 5.91 Å². The molecule has 0 fully saturated rings. The van der Waals surface area contributed by atoms with Crippen molar-refractivity contribution in [3.8, 4) is 0 Å². The van der Waals surface area contributed by atoms with E-state index in [2.05, 4.69) is 16.4 Å². The molecule has 3 N–H and O–H groups in total. The number of nitrogens with one attached hydrogen (secondary N) is 1. The van der Waals surface area contributed by atoms with Crippen molar-refractivity contribution in [1.82, 2.24) is 10.3 Å². The van der Waals surface area contributed by atoms with Crippen molar-refractivity contribution < 1.29 is 4.79 Å². The second kappa shape index (κ2) is 5.95. The van der Waals surface area contributed by atoms with Crippen molar-refractivity contribution in [2.45, 2.75) is 25.7 Å². The van der Waals surface area contributed by atoms with Crippen molar-refractivity contribution in [2.75, 3.05) is 12.3 Å². The molecule has 1 aliphatic carbocycles. The first kappa shape index (κ1) is 13.6. The van der Waals surface area contributed by atoms with Gasteiger partial charge in [0, 0.05) is 17.6 Å². The second-order valence-corrected chi connectivity index (χ2v) is 5.37. The molecule has 1 amide bonds. The third kappa shape index (κ3) is 3.05. The summed E-state index contributed by atoms with van der Waals surface area (Å²) in [7, 11) is 0. The molecule has 0 radical (unpaired) electrons. The van der Waals surface area contributed by atoms with E-state index in [-0.39, 0.29) is 5.91 Å². The van der Waals surface area contributed by atoms with Gasteiger partial charge in [-0.15, -0.1) is 0 Å². The van der Waals surface area contributed by atoms with Crippen molar-refractivity contribution in [3.05, 3.63) is 47.7 Å². The number of nitrogen functional groups attached to an aromatic ring is 1. The van der Waals surface area contributed by atoms with Gasteiger partial charge in [-0.3, -0.25) is 4.79 Å². The van der Waals surface area contributed by atoms with Crippen molar-refractivity contribution in [3.63, 3.8) is 0 Å². The number of anilines is 1. The van der Waals surface area contributed by atoms with Gasteiger partial charge in [0.05, 0.1) is 5.52 Å². The molecular formula is C17H19N3O. The highest BCUT2D eigenvalue weighted by atomic mass is 16.1. The van der Waals surface area contributed by atoms with Crippen molar-refractivity contribution in [2.24, 2.45) is 0 Å². The smallest absolute Gasteiger partial charge is 0.269 e. The number of aromatic nitrogens is 1. The summed E-state index contributed by atoms with van der Waals surface area (Å²) in [5.74, 6) is -0.161. The van der Waals surface area contributed by atoms with Crippen molar-refractivity contribution >= 4 is 22.5 Å². The number of hydrogen-bond donors (Lipinski definition) is 2. The van der Waals surface area contributed by atoms with Crippen LogP contribution in [-0.2, 0) is 0 Å². The van der Waals surface area contributed by atoms with Crippen LogP contribution < -0.4 is 11.1 Å². The summed E-state index contributed by atoms with van der Waals surface area (Å²) in [5.41, 5.74) is 9.16. The van der Waals surface area contributed by atoms with E-state index >= 15 is 0 Å². The second-order valence-electron chi connectivity index (χ2n) is 5.37. The predicted octanol–water partition coefficient (Wildman–Crippen LogP) is 3.05. The van der Waals surface area contributed by atoms with E-state index in [1.165, 1.54) is 18.4 Å². The number of carbonyl (C=O) groups excluding carboxylic acids is 1. The predicted molar refractivity (Wildman–Crippen MR) is 85.0 cm³/mol. The average Bonchev–Trinajstić information content (AvgIpc) is 3.00. The lowest BCUT2D eigenvalue weighted by molar-refractivity contribution is 0.0949. The van der Waals surface area contributed by atoms with E-state index in [0.717, 1.165) is 23.7 Å². The molecule has 0 spiro atoms. The van der Waals surface area contributed by atoms with Gasteiger partial charge in [-0.25, -0.2) is 4.98 Å². The molecule has 1 aromatic carbocycles. The fourth-order valence-corrected chi connectivity index (χ4v) is 2.71. The number of nitrogens with two attached hydrogens (primary N) is 1. The normalized spacial score (nSPS) is 14.2.